The lowest BCUT2D eigenvalue weighted by molar-refractivity contribution is 0.0951. The highest BCUT2D eigenvalue weighted by Gasteiger charge is 2.14. The molecule has 0 unspecified atom stereocenters. The van der Waals surface area contributed by atoms with Crippen molar-refractivity contribution in [1.82, 2.24) is 20.5 Å². The van der Waals surface area contributed by atoms with E-state index in [1.807, 2.05) is 30.3 Å². The van der Waals surface area contributed by atoms with Gasteiger partial charge in [-0.3, -0.25) is 4.79 Å². The highest BCUT2D eigenvalue weighted by molar-refractivity contribution is 7.90. The number of hydrogen-bond donors (Lipinski definition) is 2. The highest BCUT2D eigenvalue weighted by atomic mass is 32.2. The summed E-state index contributed by atoms with van der Waals surface area (Å²) in [6, 6.07) is 16.3. The number of nitrogens with zero attached hydrogens (tertiary/aromatic N) is 2. The fourth-order valence-electron chi connectivity index (χ4n) is 2.19. The Labute approximate surface area is 145 Å². The molecule has 1 amide bonds. The van der Waals surface area contributed by atoms with Crippen LogP contribution >= 0.6 is 0 Å². The lowest BCUT2D eigenvalue weighted by Crippen LogP contribution is -2.22. The molecule has 0 saturated heterocycles. The maximum absolute atomic E-state index is 12.2. The molecular formula is C17H16N4O3S. The van der Waals surface area contributed by atoms with Gasteiger partial charge in [0.05, 0.1) is 0 Å². The molecule has 7 nitrogen and oxygen atoms in total. The fourth-order valence-corrected chi connectivity index (χ4v) is 2.66. The number of hydrogen-bond acceptors (Lipinski definition) is 5. The molecule has 0 bridgehead atoms. The van der Waals surface area contributed by atoms with E-state index in [0.717, 1.165) is 11.8 Å². The van der Waals surface area contributed by atoms with Crippen molar-refractivity contribution in [3.63, 3.8) is 0 Å². The smallest absolute Gasteiger partial charge is 0.251 e. The first kappa shape index (κ1) is 16.8. The molecule has 0 atom stereocenters. The van der Waals surface area contributed by atoms with Crippen LogP contribution in [0.5, 0.6) is 0 Å². The van der Waals surface area contributed by atoms with Crippen molar-refractivity contribution >= 4 is 15.7 Å². The van der Waals surface area contributed by atoms with Crippen LogP contribution in [-0.4, -0.2) is 35.8 Å². The summed E-state index contributed by atoms with van der Waals surface area (Å²) in [5, 5.41) is 8.93. The van der Waals surface area contributed by atoms with Crippen LogP contribution in [0.3, 0.4) is 0 Å². The van der Waals surface area contributed by atoms with E-state index in [4.69, 9.17) is 0 Å². The van der Waals surface area contributed by atoms with E-state index in [-0.39, 0.29) is 16.9 Å². The van der Waals surface area contributed by atoms with Gasteiger partial charge in [0.25, 0.3) is 5.91 Å². The van der Waals surface area contributed by atoms with Crippen molar-refractivity contribution < 1.29 is 13.2 Å². The van der Waals surface area contributed by atoms with Crippen molar-refractivity contribution in [1.29, 1.82) is 0 Å². The molecule has 0 fully saturated rings. The Morgan fingerprint density at radius 3 is 2.36 bits per heavy atom. The number of amides is 1. The van der Waals surface area contributed by atoms with Gasteiger partial charge < -0.3 is 5.32 Å². The Bertz CT molecular complexity index is 980. The van der Waals surface area contributed by atoms with Crippen LogP contribution in [-0.2, 0) is 16.4 Å². The van der Waals surface area contributed by atoms with Crippen LogP contribution in [0.1, 0.15) is 15.9 Å². The molecule has 8 heteroatoms. The van der Waals surface area contributed by atoms with Gasteiger partial charge in [-0.05, 0) is 17.7 Å². The van der Waals surface area contributed by atoms with Gasteiger partial charge in [-0.1, -0.05) is 42.5 Å². The number of rotatable bonds is 5. The quantitative estimate of drug-likeness (QED) is 0.725. The summed E-state index contributed by atoms with van der Waals surface area (Å²) in [5.41, 5.74) is 2.13. The summed E-state index contributed by atoms with van der Waals surface area (Å²) in [7, 11) is -3.44. The predicted octanol–water partition coefficient (Wildman–Crippen LogP) is 1.81. The van der Waals surface area contributed by atoms with E-state index in [9.17, 15) is 13.2 Å². The minimum atomic E-state index is -3.44. The summed E-state index contributed by atoms with van der Waals surface area (Å²) in [6.07, 6.45) is 1.05. The number of carbonyl (C=O) groups excluding carboxylic acids is 1. The number of nitrogens with one attached hydrogen (secondary N) is 2. The van der Waals surface area contributed by atoms with E-state index >= 15 is 0 Å². The molecule has 0 radical (unpaired) electrons. The molecule has 3 aromatic rings. The van der Waals surface area contributed by atoms with E-state index in [0.29, 0.717) is 17.7 Å². The first-order valence-corrected chi connectivity index (χ1v) is 9.37. The van der Waals surface area contributed by atoms with E-state index in [1.54, 1.807) is 24.3 Å². The Hall–Kier alpha value is -3.00. The third-order valence-corrected chi connectivity index (χ3v) is 4.40. The van der Waals surface area contributed by atoms with Crippen LogP contribution in [0.25, 0.3) is 11.4 Å². The third kappa shape index (κ3) is 4.10. The van der Waals surface area contributed by atoms with Gasteiger partial charge in [0.2, 0.25) is 15.0 Å². The first-order valence-electron chi connectivity index (χ1n) is 7.48. The van der Waals surface area contributed by atoms with E-state index < -0.39 is 9.84 Å². The van der Waals surface area contributed by atoms with Crippen molar-refractivity contribution in [2.75, 3.05) is 6.26 Å². The zero-order valence-electron chi connectivity index (χ0n) is 13.4. The van der Waals surface area contributed by atoms with E-state index in [2.05, 4.69) is 20.5 Å². The van der Waals surface area contributed by atoms with Crippen LogP contribution in [0.2, 0.25) is 0 Å². The molecule has 25 heavy (non-hydrogen) atoms. The number of H-pyrrole nitrogens is 1. The summed E-state index contributed by atoms with van der Waals surface area (Å²) in [5.74, 6) is 0.0684. The molecule has 1 heterocycles. The average Bonchev–Trinajstić information content (AvgIpc) is 3.11. The van der Waals surface area contributed by atoms with Gasteiger partial charge in [0.15, 0.2) is 5.82 Å². The molecule has 0 aliphatic heterocycles. The van der Waals surface area contributed by atoms with Crippen LogP contribution in [0.15, 0.2) is 59.8 Å². The van der Waals surface area contributed by atoms with Gasteiger partial charge in [0.1, 0.15) is 0 Å². The zero-order valence-corrected chi connectivity index (χ0v) is 14.2. The lowest BCUT2D eigenvalue weighted by Gasteiger charge is -2.05. The molecule has 0 aliphatic rings. The lowest BCUT2D eigenvalue weighted by atomic mass is 10.1. The molecule has 2 N–H and O–H groups in total. The fraction of sp³-hybridized carbons (Fsp3) is 0.118. The van der Waals surface area contributed by atoms with Crippen molar-refractivity contribution in [3.8, 4) is 11.4 Å². The molecule has 0 saturated carbocycles. The monoisotopic (exact) mass is 356 g/mol. The Kier molecular flexibility index (Phi) is 4.62. The SMILES string of the molecule is CS(=O)(=O)c1nc(-c2ccc(C(=O)NCc3ccccc3)cc2)n[nH]1. The van der Waals surface area contributed by atoms with Crippen LogP contribution in [0.4, 0.5) is 0 Å². The minimum Gasteiger partial charge on any atom is -0.348 e. The molecule has 3 rings (SSSR count). The summed E-state index contributed by atoms with van der Waals surface area (Å²) in [6.45, 7) is 0.445. The number of benzene rings is 2. The average molecular weight is 356 g/mol. The van der Waals surface area contributed by atoms with Gasteiger partial charge in [-0.25, -0.2) is 13.5 Å². The maximum Gasteiger partial charge on any atom is 0.251 e. The second-order valence-electron chi connectivity index (χ2n) is 5.48. The van der Waals surface area contributed by atoms with Gasteiger partial charge in [-0.2, -0.15) is 10.1 Å². The normalized spacial score (nSPS) is 11.2. The minimum absolute atomic E-state index is 0.188. The molecule has 128 valence electrons. The number of carbonyl (C=O) groups is 1. The van der Waals surface area contributed by atoms with Crippen LogP contribution in [0, 0.1) is 0 Å². The van der Waals surface area contributed by atoms with Gasteiger partial charge in [0, 0.05) is 23.9 Å². The van der Waals surface area contributed by atoms with Crippen molar-refractivity contribution in [2.24, 2.45) is 0 Å². The third-order valence-electron chi connectivity index (χ3n) is 3.52. The van der Waals surface area contributed by atoms with Gasteiger partial charge in [-0.15, -0.1) is 0 Å². The van der Waals surface area contributed by atoms with Crippen molar-refractivity contribution in [2.45, 2.75) is 11.7 Å². The second-order valence-corrected chi connectivity index (χ2v) is 7.41. The molecule has 0 spiro atoms. The first-order chi connectivity index (χ1) is 11.9. The standard InChI is InChI=1S/C17H16N4O3S/c1-25(23,24)17-19-15(20-21-17)13-7-9-14(10-8-13)16(22)18-11-12-5-3-2-4-6-12/h2-10H,11H2,1H3,(H,18,22)(H,19,20,21). The summed E-state index contributed by atoms with van der Waals surface area (Å²) < 4.78 is 22.8. The van der Waals surface area contributed by atoms with Crippen molar-refractivity contribution in [3.05, 3.63) is 65.7 Å². The maximum atomic E-state index is 12.2. The molecule has 2 aromatic carbocycles. The van der Waals surface area contributed by atoms with Crippen LogP contribution < -0.4 is 5.32 Å². The number of aromatic amines is 1. The number of aromatic nitrogens is 3. The molecular weight excluding hydrogens is 340 g/mol. The predicted molar refractivity (Wildman–Crippen MR) is 92.5 cm³/mol. The Morgan fingerprint density at radius 1 is 1.08 bits per heavy atom. The number of sulfone groups is 1. The zero-order chi connectivity index (χ0) is 17.9. The Balaban J connectivity index is 1.69. The Morgan fingerprint density at radius 2 is 1.76 bits per heavy atom. The second kappa shape index (κ2) is 6.86. The summed E-state index contributed by atoms with van der Waals surface area (Å²) in [4.78, 5) is 16.1. The molecule has 0 aliphatic carbocycles. The molecule has 1 aromatic heterocycles. The topological polar surface area (TPSA) is 105 Å². The largest absolute Gasteiger partial charge is 0.348 e. The summed E-state index contributed by atoms with van der Waals surface area (Å²) >= 11 is 0. The van der Waals surface area contributed by atoms with Gasteiger partial charge >= 0.3 is 0 Å². The highest BCUT2D eigenvalue weighted by Crippen LogP contribution is 2.17. The van der Waals surface area contributed by atoms with E-state index in [1.165, 1.54) is 0 Å².